The Morgan fingerprint density at radius 1 is 1.17 bits per heavy atom. The number of carbonyl (C=O) groups excluding carboxylic acids is 3. The van der Waals surface area contributed by atoms with E-state index in [0.29, 0.717) is 17.1 Å². The van der Waals surface area contributed by atoms with Gasteiger partial charge in [-0.15, -0.1) is 0 Å². The fourth-order valence-corrected chi connectivity index (χ4v) is 3.95. The normalized spacial score (nSPS) is 17.5. The molecule has 1 aliphatic heterocycles. The third-order valence-corrected chi connectivity index (χ3v) is 5.33. The Kier molecular flexibility index (Phi) is 5.61. The number of carbonyl (C=O) groups is 3. The van der Waals surface area contributed by atoms with Gasteiger partial charge in [-0.05, 0) is 50.5 Å². The molecule has 1 heterocycles. The lowest BCUT2D eigenvalue weighted by Gasteiger charge is -2.24. The molecule has 2 aromatic carbocycles. The van der Waals surface area contributed by atoms with Crippen LogP contribution >= 0.6 is 0 Å². The molecule has 0 aromatic heterocycles. The van der Waals surface area contributed by atoms with Crippen LogP contribution in [0.3, 0.4) is 0 Å². The van der Waals surface area contributed by atoms with E-state index in [0.717, 1.165) is 25.0 Å². The first-order valence-corrected chi connectivity index (χ1v) is 10.1. The van der Waals surface area contributed by atoms with Gasteiger partial charge in [0.05, 0.1) is 35.2 Å². The zero-order valence-electron chi connectivity index (χ0n) is 16.8. The second kappa shape index (κ2) is 8.49. The number of nitrogens with zero attached hydrogens (tertiary/aromatic N) is 2. The van der Waals surface area contributed by atoms with Crippen LogP contribution in [0.5, 0.6) is 0 Å². The molecule has 0 radical (unpaired) electrons. The van der Waals surface area contributed by atoms with Gasteiger partial charge in [-0.2, -0.15) is 0 Å². The number of aliphatic imine (C=N–C) groups is 1. The first-order chi connectivity index (χ1) is 14.6. The van der Waals surface area contributed by atoms with E-state index in [1.54, 1.807) is 37.3 Å². The highest BCUT2D eigenvalue weighted by atomic mass is 16.5. The minimum Gasteiger partial charge on any atom is -0.462 e. The maximum Gasteiger partial charge on any atom is 0.340 e. The molecule has 1 fully saturated rings. The Labute approximate surface area is 174 Å². The van der Waals surface area contributed by atoms with Crippen molar-refractivity contribution in [1.82, 2.24) is 0 Å². The number of fused-ring (bicyclic) bond motifs is 2. The van der Waals surface area contributed by atoms with Crippen molar-refractivity contribution in [2.75, 3.05) is 23.4 Å². The zero-order chi connectivity index (χ0) is 21.1. The molecule has 1 N–H and O–H groups in total. The molecular weight excluding hydrogens is 382 g/mol. The van der Waals surface area contributed by atoms with Gasteiger partial charge < -0.3 is 15.0 Å². The molecule has 1 atom stereocenters. The van der Waals surface area contributed by atoms with Crippen molar-refractivity contribution in [2.45, 2.75) is 26.2 Å². The number of rotatable bonds is 5. The Bertz CT molecular complexity index is 1030. The number of hydrogen-bond acceptors (Lipinski definition) is 5. The van der Waals surface area contributed by atoms with Crippen LogP contribution in [0.25, 0.3) is 0 Å². The predicted octanol–water partition coefficient (Wildman–Crippen LogP) is 3.72. The van der Waals surface area contributed by atoms with E-state index in [1.165, 1.54) is 4.90 Å². The highest BCUT2D eigenvalue weighted by molar-refractivity contribution is 6.17. The van der Waals surface area contributed by atoms with Crippen LogP contribution in [-0.4, -0.2) is 36.6 Å². The molecule has 1 aliphatic carbocycles. The van der Waals surface area contributed by atoms with Gasteiger partial charge in [-0.3, -0.25) is 14.6 Å². The van der Waals surface area contributed by atoms with E-state index >= 15 is 0 Å². The number of amides is 2. The SMILES string of the molecule is CCOC(=O)c1ccccc1NC(=O)CN1C(=O)[C@H]2CCCC2=Nc2ccccc21. The second-order valence-electron chi connectivity index (χ2n) is 7.28. The minimum absolute atomic E-state index is 0.106. The molecule has 0 saturated heterocycles. The van der Waals surface area contributed by atoms with Crippen molar-refractivity contribution in [2.24, 2.45) is 10.9 Å². The van der Waals surface area contributed by atoms with Gasteiger partial charge in [0.2, 0.25) is 11.8 Å². The van der Waals surface area contributed by atoms with Gasteiger partial charge in [0.15, 0.2) is 0 Å². The summed E-state index contributed by atoms with van der Waals surface area (Å²) in [5.74, 6) is -1.29. The number of para-hydroxylation sites is 3. The van der Waals surface area contributed by atoms with Gasteiger partial charge in [0.25, 0.3) is 0 Å². The minimum atomic E-state index is -0.506. The molecule has 30 heavy (non-hydrogen) atoms. The maximum absolute atomic E-state index is 13.2. The lowest BCUT2D eigenvalue weighted by molar-refractivity contribution is -0.123. The van der Waals surface area contributed by atoms with Gasteiger partial charge in [-0.25, -0.2) is 4.79 Å². The lowest BCUT2D eigenvalue weighted by atomic mass is 10.1. The number of ether oxygens (including phenoxy) is 1. The lowest BCUT2D eigenvalue weighted by Crippen LogP contribution is -2.42. The number of nitrogens with one attached hydrogen (secondary N) is 1. The Hall–Kier alpha value is -3.48. The molecule has 2 amide bonds. The second-order valence-corrected chi connectivity index (χ2v) is 7.28. The standard InChI is InChI=1S/C23H23N3O4/c1-2-30-23(29)16-8-3-4-10-18(16)25-21(27)14-26-20-13-6-5-11-19(20)24-17-12-7-9-15(17)22(26)28/h3-6,8,10-11,13,15H,2,7,9,12,14H2,1H3,(H,25,27)/t15-/m0/s1. The molecule has 2 aliphatic rings. The van der Waals surface area contributed by atoms with Gasteiger partial charge >= 0.3 is 5.97 Å². The molecule has 154 valence electrons. The Morgan fingerprint density at radius 3 is 2.77 bits per heavy atom. The monoisotopic (exact) mass is 405 g/mol. The van der Waals surface area contributed by atoms with Gasteiger partial charge in [-0.1, -0.05) is 24.3 Å². The zero-order valence-corrected chi connectivity index (χ0v) is 16.8. The maximum atomic E-state index is 13.2. The van der Waals surface area contributed by atoms with E-state index in [4.69, 9.17) is 9.73 Å². The summed E-state index contributed by atoms with van der Waals surface area (Å²) >= 11 is 0. The summed E-state index contributed by atoms with van der Waals surface area (Å²) in [5, 5.41) is 2.76. The van der Waals surface area contributed by atoms with Crippen LogP contribution in [-0.2, 0) is 14.3 Å². The third-order valence-electron chi connectivity index (χ3n) is 5.33. The van der Waals surface area contributed by atoms with E-state index in [-0.39, 0.29) is 30.5 Å². The van der Waals surface area contributed by atoms with Crippen LogP contribution in [0.2, 0.25) is 0 Å². The average Bonchev–Trinajstić information content (AvgIpc) is 3.17. The van der Waals surface area contributed by atoms with Crippen molar-refractivity contribution < 1.29 is 19.1 Å². The topological polar surface area (TPSA) is 88.1 Å². The molecule has 7 nitrogen and oxygen atoms in total. The van der Waals surface area contributed by atoms with E-state index in [2.05, 4.69) is 5.32 Å². The predicted molar refractivity (Wildman–Crippen MR) is 114 cm³/mol. The number of esters is 1. The number of hydrogen-bond donors (Lipinski definition) is 1. The quantitative estimate of drug-likeness (QED) is 0.768. The summed E-state index contributed by atoms with van der Waals surface area (Å²) < 4.78 is 5.06. The van der Waals surface area contributed by atoms with Crippen LogP contribution in [0, 0.1) is 5.92 Å². The third kappa shape index (κ3) is 3.83. The smallest absolute Gasteiger partial charge is 0.340 e. The average molecular weight is 405 g/mol. The van der Waals surface area contributed by atoms with Crippen molar-refractivity contribution >= 4 is 40.6 Å². The summed E-state index contributed by atoms with van der Waals surface area (Å²) in [7, 11) is 0. The van der Waals surface area contributed by atoms with Crippen LogP contribution in [0.4, 0.5) is 17.1 Å². The first kappa shape index (κ1) is 19.8. The largest absolute Gasteiger partial charge is 0.462 e. The summed E-state index contributed by atoms with van der Waals surface area (Å²) in [5.41, 5.74) is 2.84. The van der Waals surface area contributed by atoms with E-state index in [1.807, 2.05) is 18.2 Å². The first-order valence-electron chi connectivity index (χ1n) is 10.1. The molecular formula is C23H23N3O4. The van der Waals surface area contributed by atoms with Crippen molar-refractivity contribution in [3.63, 3.8) is 0 Å². The summed E-state index contributed by atoms with van der Waals surface area (Å²) in [6.45, 7) is 1.80. The Balaban J connectivity index is 1.58. The molecule has 1 saturated carbocycles. The molecule has 2 aromatic rings. The van der Waals surface area contributed by atoms with Crippen LogP contribution in [0.15, 0.2) is 53.5 Å². The molecule has 0 bridgehead atoms. The van der Waals surface area contributed by atoms with Gasteiger partial charge in [0.1, 0.15) is 6.54 Å². The number of benzene rings is 2. The molecule has 0 unspecified atom stereocenters. The van der Waals surface area contributed by atoms with Gasteiger partial charge in [0, 0.05) is 5.71 Å². The molecule has 7 heteroatoms. The highest BCUT2D eigenvalue weighted by Crippen LogP contribution is 2.37. The highest BCUT2D eigenvalue weighted by Gasteiger charge is 2.37. The van der Waals surface area contributed by atoms with Crippen LogP contribution < -0.4 is 10.2 Å². The van der Waals surface area contributed by atoms with E-state index < -0.39 is 11.9 Å². The van der Waals surface area contributed by atoms with Crippen molar-refractivity contribution in [1.29, 1.82) is 0 Å². The number of anilines is 2. The van der Waals surface area contributed by atoms with Crippen LogP contribution in [0.1, 0.15) is 36.5 Å². The molecule has 4 rings (SSSR count). The Morgan fingerprint density at radius 2 is 1.93 bits per heavy atom. The fraction of sp³-hybridized carbons (Fsp3) is 0.304. The summed E-state index contributed by atoms with van der Waals surface area (Å²) in [4.78, 5) is 44.5. The van der Waals surface area contributed by atoms with Crippen molar-refractivity contribution in [3.8, 4) is 0 Å². The fourth-order valence-electron chi connectivity index (χ4n) is 3.95. The summed E-state index contributed by atoms with van der Waals surface area (Å²) in [6.07, 6.45) is 2.47. The summed E-state index contributed by atoms with van der Waals surface area (Å²) in [6, 6.07) is 14.0. The van der Waals surface area contributed by atoms with E-state index in [9.17, 15) is 14.4 Å². The molecule has 0 spiro atoms. The van der Waals surface area contributed by atoms with Crippen molar-refractivity contribution in [3.05, 3.63) is 54.1 Å².